The van der Waals surface area contributed by atoms with Crippen LogP contribution in [-0.2, 0) is 9.59 Å². The minimum absolute atomic E-state index is 0.0395. The van der Waals surface area contributed by atoms with Crippen molar-refractivity contribution in [1.29, 1.82) is 0 Å². The molecule has 0 spiro atoms. The Balaban J connectivity index is 2.07. The van der Waals surface area contributed by atoms with Crippen LogP contribution < -0.4 is 10.6 Å². The number of rotatable bonds is 2. The molecule has 4 heteroatoms. The van der Waals surface area contributed by atoms with Crippen LogP contribution in [0.2, 0.25) is 0 Å². The lowest BCUT2D eigenvalue weighted by Gasteiger charge is -2.22. The van der Waals surface area contributed by atoms with Crippen molar-refractivity contribution in [3.8, 4) is 0 Å². The fourth-order valence-corrected chi connectivity index (χ4v) is 2.13. The van der Waals surface area contributed by atoms with Crippen molar-refractivity contribution in [2.45, 2.75) is 26.7 Å². The average Bonchev–Trinajstić information content (AvgIpc) is 2.35. The van der Waals surface area contributed by atoms with Gasteiger partial charge in [-0.05, 0) is 37.5 Å². The summed E-state index contributed by atoms with van der Waals surface area (Å²) < 4.78 is 0. The predicted molar refractivity (Wildman–Crippen MR) is 70.3 cm³/mol. The van der Waals surface area contributed by atoms with Crippen LogP contribution in [0.4, 0.5) is 5.69 Å². The smallest absolute Gasteiger partial charge is 0.228 e. The molecule has 1 aliphatic heterocycles. The highest BCUT2D eigenvalue weighted by atomic mass is 16.2. The minimum Gasteiger partial charge on any atom is -0.356 e. The molecular weight excluding hydrogens is 228 g/mol. The lowest BCUT2D eigenvalue weighted by atomic mass is 9.96. The Morgan fingerprint density at radius 2 is 2.17 bits per heavy atom. The molecule has 0 radical (unpaired) electrons. The van der Waals surface area contributed by atoms with Crippen molar-refractivity contribution in [2.24, 2.45) is 5.92 Å². The summed E-state index contributed by atoms with van der Waals surface area (Å²) in [6.07, 6.45) is 0.999. The van der Waals surface area contributed by atoms with Crippen LogP contribution in [0.1, 0.15) is 24.0 Å². The van der Waals surface area contributed by atoms with Crippen LogP contribution in [0.3, 0.4) is 0 Å². The van der Waals surface area contributed by atoms with Crippen molar-refractivity contribution in [3.63, 3.8) is 0 Å². The van der Waals surface area contributed by atoms with Gasteiger partial charge in [0, 0.05) is 24.6 Å². The second kappa shape index (κ2) is 5.21. The van der Waals surface area contributed by atoms with Crippen LogP contribution in [0.25, 0.3) is 0 Å². The van der Waals surface area contributed by atoms with E-state index in [9.17, 15) is 9.59 Å². The zero-order valence-corrected chi connectivity index (χ0v) is 10.7. The summed E-state index contributed by atoms with van der Waals surface area (Å²) in [6.45, 7) is 4.58. The van der Waals surface area contributed by atoms with Gasteiger partial charge in [-0.25, -0.2) is 0 Å². The summed E-state index contributed by atoms with van der Waals surface area (Å²) in [5, 5.41) is 5.65. The first-order chi connectivity index (χ1) is 8.58. The molecule has 2 rings (SSSR count). The zero-order valence-electron chi connectivity index (χ0n) is 10.7. The molecule has 1 aromatic carbocycles. The molecule has 2 N–H and O–H groups in total. The summed E-state index contributed by atoms with van der Waals surface area (Å²) in [6, 6.07) is 5.83. The molecule has 1 heterocycles. The quantitative estimate of drug-likeness (QED) is 0.835. The Morgan fingerprint density at radius 3 is 2.89 bits per heavy atom. The molecule has 4 nitrogen and oxygen atoms in total. The van der Waals surface area contributed by atoms with Gasteiger partial charge in [0.15, 0.2) is 0 Å². The van der Waals surface area contributed by atoms with E-state index in [1.54, 1.807) is 0 Å². The van der Waals surface area contributed by atoms with Crippen molar-refractivity contribution in [2.75, 3.05) is 11.9 Å². The Morgan fingerprint density at radius 1 is 1.39 bits per heavy atom. The number of aryl methyl sites for hydroxylation is 1. The van der Waals surface area contributed by atoms with Crippen molar-refractivity contribution in [1.82, 2.24) is 5.32 Å². The average molecular weight is 246 g/mol. The highest BCUT2D eigenvalue weighted by molar-refractivity contribution is 5.96. The van der Waals surface area contributed by atoms with E-state index in [-0.39, 0.29) is 24.2 Å². The third kappa shape index (κ3) is 2.70. The fourth-order valence-electron chi connectivity index (χ4n) is 2.13. The van der Waals surface area contributed by atoms with Crippen LogP contribution in [0.15, 0.2) is 18.2 Å². The summed E-state index contributed by atoms with van der Waals surface area (Å²) in [5.74, 6) is -0.306. The van der Waals surface area contributed by atoms with Gasteiger partial charge >= 0.3 is 0 Å². The summed E-state index contributed by atoms with van der Waals surface area (Å²) in [7, 11) is 0. The van der Waals surface area contributed by atoms with Gasteiger partial charge in [-0.2, -0.15) is 0 Å². The fraction of sp³-hybridized carbons (Fsp3) is 0.429. The number of anilines is 1. The number of carbonyl (C=O) groups is 2. The number of piperidine rings is 1. The van der Waals surface area contributed by atoms with E-state index in [0.29, 0.717) is 13.0 Å². The molecule has 0 aromatic heterocycles. The Kier molecular flexibility index (Phi) is 3.65. The highest BCUT2D eigenvalue weighted by Crippen LogP contribution is 2.21. The van der Waals surface area contributed by atoms with Crippen molar-refractivity contribution < 1.29 is 9.59 Å². The maximum absolute atomic E-state index is 12.1. The number of nitrogens with one attached hydrogen (secondary N) is 2. The molecule has 18 heavy (non-hydrogen) atoms. The van der Waals surface area contributed by atoms with Crippen LogP contribution >= 0.6 is 0 Å². The summed E-state index contributed by atoms with van der Waals surface area (Å²) in [5.41, 5.74) is 3.06. The molecule has 1 unspecified atom stereocenters. The third-order valence-electron chi connectivity index (χ3n) is 3.48. The molecule has 0 aliphatic carbocycles. The minimum atomic E-state index is -0.210. The Labute approximate surface area is 107 Å². The van der Waals surface area contributed by atoms with Crippen LogP contribution in [-0.4, -0.2) is 18.4 Å². The molecule has 1 saturated heterocycles. The highest BCUT2D eigenvalue weighted by Gasteiger charge is 2.25. The standard InChI is InChI=1S/C14H18N2O2/c1-9-4-3-5-12(10(9)2)16-14(18)11-6-7-15-13(17)8-11/h3-5,11H,6-8H2,1-2H3,(H,15,17)(H,16,18). The van der Waals surface area contributed by atoms with Crippen molar-refractivity contribution >= 4 is 17.5 Å². The maximum Gasteiger partial charge on any atom is 0.228 e. The number of amides is 2. The van der Waals surface area contributed by atoms with E-state index in [0.717, 1.165) is 16.8 Å². The van der Waals surface area contributed by atoms with E-state index in [1.165, 1.54) is 0 Å². The molecular formula is C14H18N2O2. The second-order valence-corrected chi connectivity index (χ2v) is 4.78. The van der Waals surface area contributed by atoms with E-state index < -0.39 is 0 Å². The molecule has 1 aromatic rings. The SMILES string of the molecule is Cc1cccc(NC(=O)C2CCNC(=O)C2)c1C. The topological polar surface area (TPSA) is 58.2 Å². The monoisotopic (exact) mass is 246 g/mol. The molecule has 0 saturated carbocycles. The normalized spacial score (nSPS) is 19.2. The van der Waals surface area contributed by atoms with Gasteiger partial charge in [0.05, 0.1) is 0 Å². The maximum atomic E-state index is 12.1. The first kappa shape index (κ1) is 12.6. The second-order valence-electron chi connectivity index (χ2n) is 4.78. The van der Waals surface area contributed by atoms with Gasteiger partial charge in [0.2, 0.25) is 11.8 Å². The Bertz CT molecular complexity index is 483. The van der Waals surface area contributed by atoms with E-state index in [2.05, 4.69) is 10.6 Å². The molecule has 1 aliphatic rings. The third-order valence-corrected chi connectivity index (χ3v) is 3.48. The first-order valence-corrected chi connectivity index (χ1v) is 6.21. The van der Waals surface area contributed by atoms with Gasteiger partial charge in [0.25, 0.3) is 0 Å². The van der Waals surface area contributed by atoms with Crippen LogP contribution in [0.5, 0.6) is 0 Å². The largest absolute Gasteiger partial charge is 0.356 e. The van der Waals surface area contributed by atoms with Gasteiger partial charge in [-0.3, -0.25) is 9.59 Å². The molecule has 2 amide bonds. The van der Waals surface area contributed by atoms with Gasteiger partial charge in [0.1, 0.15) is 0 Å². The van der Waals surface area contributed by atoms with Gasteiger partial charge < -0.3 is 10.6 Å². The molecule has 96 valence electrons. The van der Waals surface area contributed by atoms with E-state index in [4.69, 9.17) is 0 Å². The number of benzene rings is 1. The predicted octanol–water partition coefficient (Wildman–Crippen LogP) is 1.77. The van der Waals surface area contributed by atoms with Crippen molar-refractivity contribution in [3.05, 3.63) is 29.3 Å². The summed E-state index contributed by atoms with van der Waals surface area (Å²) >= 11 is 0. The number of hydrogen-bond donors (Lipinski definition) is 2. The molecule has 0 bridgehead atoms. The van der Waals surface area contributed by atoms with E-state index >= 15 is 0 Å². The summed E-state index contributed by atoms with van der Waals surface area (Å²) in [4.78, 5) is 23.3. The first-order valence-electron chi connectivity index (χ1n) is 6.21. The molecule has 1 atom stereocenters. The van der Waals surface area contributed by atoms with Crippen LogP contribution in [0, 0.1) is 19.8 Å². The van der Waals surface area contributed by atoms with Gasteiger partial charge in [-0.1, -0.05) is 12.1 Å². The molecule has 1 fully saturated rings. The van der Waals surface area contributed by atoms with Gasteiger partial charge in [-0.15, -0.1) is 0 Å². The number of hydrogen-bond acceptors (Lipinski definition) is 2. The number of carbonyl (C=O) groups excluding carboxylic acids is 2. The zero-order chi connectivity index (χ0) is 13.1. The lowest BCUT2D eigenvalue weighted by Crippen LogP contribution is -2.38. The lowest BCUT2D eigenvalue weighted by molar-refractivity contribution is -0.129. The Hall–Kier alpha value is -1.84. The van der Waals surface area contributed by atoms with E-state index in [1.807, 2.05) is 32.0 Å².